The van der Waals surface area contributed by atoms with Gasteiger partial charge in [0.15, 0.2) is 17.9 Å². The van der Waals surface area contributed by atoms with E-state index in [4.69, 9.17) is 27.9 Å². The Kier molecular flexibility index (Phi) is 4.86. The van der Waals surface area contributed by atoms with E-state index in [0.29, 0.717) is 0 Å². The Balaban J connectivity index is 1.61. The molecule has 0 amide bonds. The second-order valence-electron chi connectivity index (χ2n) is 8.26. The van der Waals surface area contributed by atoms with Gasteiger partial charge in [0, 0.05) is 0 Å². The van der Waals surface area contributed by atoms with Crippen LogP contribution in [0.15, 0.2) is 29.2 Å². The third kappa shape index (κ3) is 3.85. The summed E-state index contributed by atoms with van der Waals surface area (Å²) in [6.07, 6.45) is -3.60. The summed E-state index contributed by atoms with van der Waals surface area (Å²) in [6, 6.07) is 6.47. The molecule has 3 aliphatic rings. The van der Waals surface area contributed by atoms with Crippen molar-refractivity contribution in [2.24, 2.45) is 0 Å². The molecule has 3 fully saturated rings. The lowest BCUT2D eigenvalue weighted by atomic mass is 10.1. The van der Waals surface area contributed by atoms with E-state index in [1.54, 1.807) is 39.8 Å². The zero-order chi connectivity index (χ0) is 20.3. The Hall–Kier alpha value is -1.07. The molecule has 0 unspecified atom stereocenters. The molecule has 3 heterocycles. The van der Waals surface area contributed by atoms with Gasteiger partial charge in [0.2, 0.25) is 0 Å². The molecule has 0 bridgehead atoms. The van der Waals surface area contributed by atoms with Crippen LogP contribution in [0.3, 0.4) is 0 Å². The van der Waals surface area contributed by atoms with Crippen LogP contribution in [0.4, 0.5) is 0 Å². The number of aryl methyl sites for hydroxylation is 1. The number of hydrogen-bond donors (Lipinski definition) is 0. The van der Waals surface area contributed by atoms with Crippen molar-refractivity contribution in [2.75, 3.05) is 6.61 Å². The van der Waals surface area contributed by atoms with Crippen LogP contribution in [-0.2, 0) is 38.0 Å². The predicted octanol–water partition coefficient (Wildman–Crippen LogP) is 2.10. The van der Waals surface area contributed by atoms with Crippen LogP contribution < -0.4 is 0 Å². The number of hydrogen-bond acceptors (Lipinski definition) is 8. The summed E-state index contributed by atoms with van der Waals surface area (Å²) < 4.78 is 60.5. The summed E-state index contributed by atoms with van der Waals surface area (Å²) in [5.74, 6) is -1.69. The topological polar surface area (TPSA) is 89.5 Å². The summed E-state index contributed by atoms with van der Waals surface area (Å²) in [6.45, 7) is 9.20. The molecule has 0 saturated carbocycles. The first kappa shape index (κ1) is 20.2. The minimum atomic E-state index is -4.04. The van der Waals surface area contributed by atoms with Gasteiger partial charge in [-0.3, -0.25) is 4.18 Å². The fraction of sp³-hybridized carbons (Fsp3) is 0.684. The first-order chi connectivity index (χ1) is 13.0. The van der Waals surface area contributed by atoms with E-state index in [2.05, 4.69) is 0 Å². The molecule has 5 atom stereocenters. The van der Waals surface area contributed by atoms with Gasteiger partial charge in [0.25, 0.3) is 10.1 Å². The molecule has 4 rings (SSSR count). The highest BCUT2D eigenvalue weighted by molar-refractivity contribution is 7.86. The number of benzene rings is 1. The summed E-state index contributed by atoms with van der Waals surface area (Å²) in [4.78, 5) is 0.0717. The molecule has 156 valence electrons. The van der Waals surface area contributed by atoms with E-state index >= 15 is 0 Å². The van der Waals surface area contributed by atoms with Gasteiger partial charge in [-0.25, -0.2) is 0 Å². The number of rotatable bonds is 4. The quantitative estimate of drug-likeness (QED) is 0.692. The van der Waals surface area contributed by atoms with Crippen molar-refractivity contribution in [3.63, 3.8) is 0 Å². The minimum Gasteiger partial charge on any atom is -0.348 e. The third-order valence-electron chi connectivity index (χ3n) is 4.97. The van der Waals surface area contributed by atoms with Crippen LogP contribution in [0.25, 0.3) is 0 Å². The van der Waals surface area contributed by atoms with Crippen LogP contribution >= 0.6 is 0 Å². The third-order valence-corrected chi connectivity index (χ3v) is 6.30. The zero-order valence-corrected chi connectivity index (χ0v) is 17.4. The van der Waals surface area contributed by atoms with Crippen molar-refractivity contribution in [3.05, 3.63) is 29.8 Å². The van der Waals surface area contributed by atoms with Crippen molar-refractivity contribution in [2.45, 2.75) is 81.8 Å². The Morgan fingerprint density at radius 2 is 1.64 bits per heavy atom. The van der Waals surface area contributed by atoms with Crippen molar-refractivity contribution < 1.29 is 36.3 Å². The average molecular weight is 414 g/mol. The lowest BCUT2D eigenvalue weighted by Crippen LogP contribution is -2.45. The molecule has 8 nitrogen and oxygen atoms in total. The molecule has 0 N–H and O–H groups in total. The lowest BCUT2D eigenvalue weighted by molar-refractivity contribution is -0.230. The van der Waals surface area contributed by atoms with Crippen molar-refractivity contribution in [1.82, 2.24) is 0 Å². The molecule has 9 heteroatoms. The van der Waals surface area contributed by atoms with Crippen molar-refractivity contribution in [3.8, 4) is 0 Å². The predicted molar refractivity (Wildman–Crippen MR) is 96.8 cm³/mol. The van der Waals surface area contributed by atoms with Gasteiger partial charge in [-0.05, 0) is 46.8 Å². The Morgan fingerprint density at radius 3 is 2.25 bits per heavy atom. The molecular weight excluding hydrogens is 388 g/mol. The zero-order valence-electron chi connectivity index (χ0n) is 16.6. The maximum Gasteiger partial charge on any atom is 0.297 e. The molecule has 0 aromatic heterocycles. The minimum absolute atomic E-state index is 0.0717. The van der Waals surface area contributed by atoms with Crippen LogP contribution in [0.2, 0.25) is 0 Å². The first-order valence-corrected chi connectivity index (χ1v) is 10.7. The lowest BCUT2D eigenvalue weighted by Gasteiger charge is -2.28. The van der Waals surface area contributed by atoms with Gasteiger partial charge in [-0.2, -0.15) is 8.42 Å². The summed E-state index contributed by atoms with van der Waals surface area (Å²) in [5.41, 5.74) is 0.953. The second-order valence-corrected chi connectivity index (χ2v) is 9.84. The molecule has 0 aliphatic carbocycles. The smallest absolute Gasteiger partial charge is 0.297 e. The van der Waals surface area contributed by atoms with E-state index in [1.165, 1.54) is 12.1 Å². The molecule has 0 spiro atoms. The molecule has 1 aromatic carbocycles. The van der Waals surface area contributed by atoms with Crippen LogP contribution in [0.1, 0.15) is 33.3 Å². The van der Waals surface area contributed by atoms with Gasteiger partial charge < -0.3 is 23.7 Å². The van der Waals surface area contributed by atoms with E-state index in [-0.39, 0.29) is 11.5 Å². The average Bonchev–Trinajstić information content (AvgIpc) is 3.18. The van der Waals surface area contributed by atoms with Gasteiger partial charge in [-0.1, -0.05) is 17.7 Å². The van der Waals surface area contributed by atoms with Crippen LogP contribution in [0, 0.1) is 6.92 Å². The molecule has 0 radical (unpaired) electrons. The number of fused-ring (bicyclic) bond motifs is 1. The maximum atomic E-state index is 12.9. The van der Waals surface area contributed by atoms with E-state index in [0.717, 1.165) is 5.56 Å². The van der Waals surface area contributed by atoms with Crippen molar-refractivity contribution >= 4 is 10.1 Å². The Bertz CT molecular complexity index is 832. The molecule has 1 aromatic rings. The van der Waals surface area contributed by atoms with Crippen molar-refractivity contribution in [1.29, 1.82) is 0 Å². The SMILES string of the molecule is Cc1ccc(S(=O)(=O)O[C@H]2[C@H]3OC(C)(C)O[C@@H]3O[C@@H]2[C@H]2COC(C)(C)O2)cc1. The summed E-state index contributed by atoms with van der Waals surface area (Å²) >= 11 is 0. The molecule has 3 aliphatic heterocycles. The second kappa shape index (κ2) is 6.73. The summed E-state index contributed by atoms with van der Waals surface area (Å²) in [7, 11) is -4.04. The standard InChI is InChI=1S/C19H26O8S/c1-11-6-8-12(9-7-11)28(20,21)27-15-14(13-10-22-18(2,3)24-13)23-17-16(15)25-19(4,5)26-17/h6-9,13-17H,10H2,1-5H3/t13-,14-,15-,16-,17+/m1/s1. The van der Waals surface area contributed by atoms with E-state index in [1.807, 2.05) is 6.92 Å². The van der Waals surface area contributed by atoms with E-state index < -0.39 is 52.4 Å². The summed E-state index contributed by atoms with van der Waals surface area (Å²) in [5, 5.41) is 0. The maximum absolute atomic E-state index is 12.9. The Morgan fingerprint density at radius 1 is 0.964 bits per heavy atom. The highest BCUT2D eigenvalue weighted by Crippen LogP contribution is 2.42. The van der Waals surface area contributed by atoms with Crippen LogP contribution in [0.5, 0.6) is 0 Å². The van der Waals surface area contributed by atoms with Gasteiger partial charge in [0.1, 0.15) is 24.4 Å². The highest BCUT2D eigenvalue weighted by atomic mass is 32.2. The Labute approximate surface area is 165 Å². The number of ether oxygens (including phenoxy) is 5. The fourth-order valence-corrected chi connectivity index (χ4v) is 4.79. The normalized spacial score (nSPS) is 36.5. The first-order valence-electron chi connectivity index (χ1n) is 9.29. The fourth-order valence-electron chi connectivity index (χ4n) is 3.70. The van der Waals surface area contributed by atoms with Gasteiger partial charge in [0.05, 0.1) is 11.5 Å². The largest absolute Gasteiger partial charge is 0.348 e. The molecule has 3 saturated heterocycles. The van der Waals surface area contributed by atoms with Crippen LogP contribution in [-0.4, -0.2) is 57.3 Å². The van der Waals surface area contributed by atoms with E-state index in [9.17, 15) is 8.42 Å². The van der Waals surface area contributed by atoms with Gasteiger partial charge in [-0.15, -0.1) is 0 Å². The molecule has 28 heavy (non-hydrogen) atoms. The monoisotopic (exact) mass is 414 g/mol. The highest BCUT2D eigenvalue weighted by Gasteiger charge is 2.60. The van der Waals surface area contributed by atoms with Gasteiger partial charge >= 0.3 is 0 Å². The molecular formula is C19H26O8S.